The number of nitrogens with one attached hydrogen (secondary N) is 1. The molecule has 0 amide bonds. The molecular formula is C21H21FN4O2. The molecule has 7 heteroatoms. The van der Waals surface area contributed by atoms with Crippen LogP contribution in [0.25, 0.3) is 0 Å². The lowest BCUT2D eigenvalue weighted by Crippen LogP contribution is -2.14. The van der Waals surface area contributed by atoms with Crippen LogP contribution in [0, 0.1) is 5.82 Å². The van der Waals surface area contributed by atoms with E-state index in [1.165, 1.54) is 25.0 Å². The van der Waals surface area contributed by atoms with Crippen LogP contribution in [0.3, 0.4) is 0 Å². The summed E-state index contributed by atoms with van der Waals surface area (Å²) in [5.74, 6) is 1.64. The second-order valence-electron chi connectivity index (χ2n) is 6.62. The van der Waals surface area contributed by atoms with Crippen molar-refractivity contribution in [3.8, 4) is 17.5 Å². The van der Waals surface area contributed by atoms with Crippen molar-refractivity contribution in [2.24, 2.45) is 0 Å². The van der Waals surface area contributed by atoms with E-state index in [-0.39, 0.29) is 11.9 Å². The predicted octanol–water partition coefficient (Wildman–Crippen LogP) is 4.74. The molecule has 1 fully saturated rings. The Morgan fingerprint density at radius 3 is 2.64 bits per heavy atom. The van der Waals surface area contributed by atoms with Gasteiger partial charge in [0.2, 0.25) is 17.7 Å². The highest BCUT2D eigenvalue weighted by Crippen LogP contribution is 2.25. The Labute approximate surface area is 162 Å². The fraction of sp³-hybridized carbons (Fsp3) is 0.286. The molecule has 1 N–H and O–H groups in total. The van der Waals surface area contributed by atoms with Gasteiger partial charge in [0.15, 0.2) is 0 Å². The van der Waals surface area contributed by atoms with Crippen LogP contribution in [0.2, 0.25) is 0 Å². The topological polar surface area (TPSA) is 69.2 Å². The first-order valence-electron chi connectivity index (χ1n) is 9.37. The summed E-state index contributed by atoms with van der Waals surface area (Å²) >= 11 is 0. The fourth-order valence-electron chi connectivity index (χ4n) is 3.11. The summed E-state index contributed by atoms with van der Waals surface area (Å²) in [5.41, 5.74) is 0.947. The van der Waals surface area contributed by atoms with E-state index in [9.17, 15) is 4.39 Å². The highest BCUT2D eigenvalue weighted by molar-refractivity contribution is 5.35. The van der Waals surface area contributed by atoms with Crippen LogP contribution in [-0.4, -0.2) is 21.1 Å². The van der Waals surface area contributed by atoms with Gasteiger partial charge in [0.05, 0.1) is 0 Å². The number of nitrogens with zero attached hydrogens (tertiary/aromatic N) is 3. The second kappa shape index (κ2) is 8.65. The minimum Gasteiger partial charge on any atom is -0.474 e. The quantitative estimate of drug-likeness (QED) is 0.639. The van der Waals surface area contributed by atoms with Crippen molar-refractivity contribution in [3.05, 3.63) is 66.2 Å². The summed E-state index contributed by atoms with van der Waals surface area (Å²) in [7, 11) is 0. The van der Waals surface area contributed by atoms with Crippen LogP contribution in [0.5, 0.6) is 17.5 Å². The van der Waals surface area contributed by atoms with Crippen LogP contribution < -0.4 is 14.8 Å². The van der Waals surface area contributed by atoms with Gasteiger partial charge in [-0.3, -0.25) is 0 Å². The Hall–Kier alpha value is -3.22. The van der Waals surface area contributed by atoms with Crippen LogP contribution >= 0.6 is 0 Å². The Morgan fingerprint density at radius 1 is 1.00 bits per heavy atom. The monoisotopic (exact) mass is 380 g/mol. The molecule has 144 valence electrons. The minimum atomic E-state index is -0.315. The number of rotatable bonds is 7. The zero-order chi connectivity index (χ0) is 19.2. The summed E-state index contributed by atoms with van der Waals surface area (Å²) in [6.45, 7) is 0.482. The van der Waals surface area contributed by atoms with E-state index in [0.29, 0.717) is 30.0 Å². The molecule has 0 spiro atoms. The molecule has 6 nitrogen and oxygen atoms in total. The van der Waals surface area contributed by atoms with Crippen LogP contribution in [0.4, 0.5) is 10.3 Å². The molecule has 28 heavy (non-hydrogen) atoms. The van der Waals surface area contributed by atoms with Crippen molar-refractivity contribution in [3.63, 3.8) is 0 Å². The van der Waals surface area contributed by atoms with E-state index in [1.54, 1.807) is 30.6 Å². The molecule has 2 heterocycles. The molecule has 0 aliphatic heterocycles. The van der Waals surface area contributed by atoms with Gasteiger partial charge >= 0.3 is 0 Å². The van der Waals surface area contributed by atoms with E-state index < -0.39 is 0 Å². The average molecular weight is 380 g/mol. The molecule has 0 unspecified atom stereocenters. The molecule has 3 aromatic rings. The minimum absolute atomic E-state index is 0.248. The van der Waals surface area contributed by atoms with Gasteiger partial charge in [0.25, 0.3) is 0 Å². The van der Waals surface area contributed by atoms with E-state index >= 15 is 0 Å². The van der Waals surface area contributed by atoms with E-state index in [0.717, 1.165) is 18.4 Å². The SMILES string of the molecule is Fc1ccc(Oc2ccnc(NCc3cccnc3OC3CCCC3)n2)cc1. The van der Waals surface area contributed by atoms with Gasteiger partial charge in [-0.15, -0.1) is 0 Å². The summed E-state index contributed by atoms with van der Waals surface area (Å²) in [5, 5.41) is 3.18. The zero-order valence-electron chi connectivity index (χ0n) is 15.3. The van der Waals surface area contributed by atoms with E-state index in [2.05, 4.69) is 20.3 Å². The fourth-order valence-corrected chi connectivity index (χ4v) is 3.11. The maximum absolute atomic E-state index is 13.0. The van der Waals surface area contributed by atoms with Gasteiger partial charge in [0.1, 0.15) is 17.7 Å². The number of hydrogen-bond acceptors (Lipinski definition) is 6. The molecule has 0 radical (unpaired) electrons. The number of pyridine rings is 1. The standard InChI is InChI=1S/C21H21FN4O2/c22-16-7-9-18(10-8-16)27-19-11-13-24-21(26-19)25-14-15-4-3-12-23-20(15)28-17-5-1-2-6-17/h3-4,7-13,17H,1-2,5-6,14H2,(H,24,25,26). The lowest BCUT2D eigenvalue weighted by atomic mass is 10.2. The third kappa shape index (κ3) is 4.73. The smallest absolute Gasteiger partial charge is 0.226 e. The first-order chi connectivity index (χ1) is 13.8. The van der Waals surface area contributed by atoms with Crippen molar-refractivity contribution >= 4 is 5.95 Å². The van der Waals surface area contributed by atoms with Gasteiger partial charge in [0, 0.05) is 30.6 Å². The molecule has 1 aliphatic carbocycles. The van der Waals surface area contributed by atoms with Crippen LogP contribution in [0.1, 0.15) is 31.2 Å². The Balaban J connectivity index is 1.40. The van der Waals surface area contributed by atoms with Gasteiger partial charge in [-0.25, -0.2) is 14.4 Å². The molecule has 0 saturated heterocycles. The van der Waals surface area contributed by atoms with Gasteiger partial charge in [-0.05, 0) is 56.0 Å². The molecule has 1 saturated carbocycles. The van der Waals surface area contributed by atoms with Crippen LogP contribution in [-0.2, 0) is 6.54 Å². The first kappa shape index (κ1) is 18.2. The summed E-state index contributed by atoms with van der Waals surface area (Å²) in [6.07, 6.45) is 8.16. The van der Waals surface area contributed by atoms with Crippen molar-refractivity contribution in [1.82, 2.24) is 15.0 Å². The van der Waals surface area contributed by atoms with Gasteiger partial charge < -0.3 is 14.8 Å². The van der Waals surface area contributed by atoms with Crippen molar-refractivity contribution < 1.29 is 13.9 Å². The normalized spacial score (nSPS) is 14.0. The Kier molecular flexibility index (Phi) is 5.61. The number of benzene rings is 1. The largest absolute Gasteiger partial charge is 0.474 e. The summed E-state index contributed by atoms with van der Waals surface area (Å²) in [4.78, 5) is 12.9. The maximum Gasteiger partial charge on any atom is 0.226 e. The average Bonchev–Trinajstić information content (AvgIpc) is 3.23. The Morgan fingerprint density at radius 2 is 1.82 bits per heavy atom. The third-order valence-electron chi connectivity index (χ3n) is 4.53. The lowest BCUT2D eigenvalue weighted by Gasteiger charge is -2.15. The van der Waals surface area contributed by atoms with E-state index in [1.807, 2.05) is 12.1 Å². The molecule has 4 rings (SSSR count). The molecule has 1 aliphatic rings. The summed E-state index contributed by atoms with van der Waals surface area (Å²) < 4.78 is 24.7. The first-order valence-corrected chi connectivity index (χ1v) is 9.37. The second-order valence-corrected chi connectivity index (χ2v) is 6.62. The summed E-state index contributed by atoms with van der Waals surface area (Å²) in [6, 6.07) is 11.3. The van der Waals surface area contributed by atoms with Gasteiger partial charge in [-0.2, -0.15) is 4.98 Å². The molecular weight excluding hydrogens is 359 g/mol. The van der Waals surface area contributed by atoms with Gasteiger partial charge in [-0.1, -0.05) is 6.07 Å². The number of halogens is 1. The number of hydrogen-bond donors (Lipinski definition) is 1. The zero-order valence-corrected chi connectivity index (χ0v) is 15.3. The highest BCUT2D eigenvalue weighted by Gasteiger charge is 2.18. The molecule has 1 aromatic carbocycles. The predicted molar refractivity (Wildman–Crippen MR) is 103 cm³/mol. The maximum atomic E-state index is 13.0. The van der Waals surface area contributed by atoms with Crippen molar-refractivity contribution in [2.45, 2.75) is 38.3 Å². The molecule has 2 aromatic heterocycles. The van der Waals surface area contributed by atoms with Crippen molar-refractivity contribution in [1.29, 1.82) is 0 Å². The lowest BCUT2D eigenvalue weighted by molar-refractivity contribution is 0.199. The number of anilines is 1. The Bertz CT molecular complexity index is 914. The number of ether oxygens (including phenoxy) is 2. The van der Waals surface area contributed by atoms with Crippen LogP contribution in [0.15, 0.2) is 54.9 Å². The third-order valence-corrected chi connectivity index (χ3v) is 4.53. The molecule has 0 atom stereocenters. The highest BCUT2D eigenvalue weighted by atomic mass is 19.1. The number of aromatic nitrogens is 3. The van der Waals surface area contributed by atoms with E-state index in [4.69, 9.17) is 9.47 Å². The van der Waals surface area contributed by atoms with Crippen molar-refractivity contribution in [2.75, 3.05) is 5.32 Å². The molecule has 0 bridgehead atoms.